The Morgan fingerprint density at radius 3 is 1.70 bits per heavy atom. The Balaban J connectivity index is 1.25. The van der Waals surface area contributed by atoms with E-state index in [1.165, 1.54) is 58.4 Å². The fourth-order valence-electron chi connectivity index (χ4n) is 7.02. The van der Waals surface area contributed by atoms with Gasteiger partial charge in [0.1, 0.15) is 16.7 Å². The lowest BCUT2D eigenvalue weighted by molar-refractivity contribution is 0.613. The molecule has 0 aliphatic heterocycles. The van der Waals surface area contributed by atoms with E-state index in [1.807, 2.05) is 23.5 Å². The maximum absolute atomic E-state index is 6.42. The SMILES string of the molecule is c1ccc2c(c1)sc1cc(-c3c4ccccc4c(-c4ccc5c(c4)oc4cc6occc6cc45)c4ccccc34)ccc12. The molecule has 3 heterocycles. The number of thiophene rings is 1. The molecule has 2 nitrogen and oxygen atoms in total. The summed E-state index contributed by atoms with van der Waals surface area (Å²) in [5.41, 5.74) is 7.47. The van der Waals surface area contributed by atoms with Crippen molar-refractivity contribution in [3.63, 3.8) is 0 Å². The first-order valence-electron chi connectivity index (χ1n) is 14.5. The van der Waals surface area contributed by atoms with Crippen molar-refractivity contribution < 1.29 is 8.83 Å². The topological polar surface area (TPSA) is 26.3 Å². The second-order valence-electron chi connectivity index (χ2n) is 11.3. The number of hydrogen-bond acceptors (Lipinski definition) is 3. The van der Waals surface area contributed by atoms with E-state index >= 15 is 0 Å². The van der Waals surface area contributed by atoms with Gasteiger partial charge in [0, 0.05) is 42.4 Å². The van der Waals surface area contributed by atoms with Gasteiger partial charge in [0.05, 0.1) is 6.26 Å². The third kappa shape index (κ3) is 3.28. The van der Waals surface area contributed by atoms with E-state index in [0.717, 1.165) is 38.5 Å². The summed E-state index contributed by atoms with van der Waals surface area (Å²) in [4.78, 5) is 0. The third-order valence-corrected chi connectivity index (χ3v) is 10.1. The van der Waals surface area contributed by atoms with Gasteiger partial charge in [-0.25, -0.2) is 0 Å². The predicted octanol–water partition coefficient (Wildman–Crippen LogP) is 12.3. The average Bonchev–Trinajstić information content (AvgIpc) is 3.76. The molecule has 0 saturated heterocycles. The van der Waals surface area contributed by atoms with E-state index < -0.39 is 0 Å². The molecule has 10 rings (SSSR count). The Bertz CT molecular complexity index is 2680. The first-order valence-corrected chi connectivity index (χ1v) is 15.3. The minimum absolute atomic E-state index is 0.841. The van der Waals surface area contributed by atoms with Crippen LogP contribution in [0.5, 0.6) is 0 Å². The maximum atomic E-state index is 6.42. The second-order valence-corrected chi connectivity index (χ2v) is 12.4. The summed E-state index contributed by atoms with van der Waals surface area (Å²) in [5, 5.41) is 10.9. The van der Waals surface area contributed by atoms with E-state index in [2.05, 4.69) is 115 Å². The summed E-state index contributed by atoms with van der Waals surface area (Å²) in [5.74, 6) is 0. The maximum Gasteiger partial charge on any atom is 0.139 e. The molecule has 0 saturated carbocycles. The highest BCUT2D eigenvalue weighted by molar-refractivity contribution is 7.25. The fraction of sp³-hybridized carbons (Fsp3) is 0. The zero-order chi connectivity index (χ0) is 28.1. The van der Waals surface area contributed by atoms with Crippen LogP contribution in [-0.2, 0) is 0 Å². The predicted molar refractivity (Wildman–Crippen MR) is 182 cm³/mol. The summed E-state index contributed by atoms with van der Waals surface area (Å²) in [6.45, 7) is 0. The minimum atomic E-state index is 0.841. The first-order chi connectivity index (χ1) is 21.3. The minimum Gasteiger partial charge on any atom is -0.464 e. The van der Waals surface area contributed by atoms with E-state index in [-0.39, 0.29) is 0 Å². The van der Waals surface area contributed by atoms with Crippen molar-refractivity contribution in [1.82, 2.24) is 0 Å². The average molecular weight is 567 g/mol. The molecule has 0 aliphatic carbocycles. The van der Waals surface area contributed by atoms with Gasteiger partial charge in [-0.05, 0) is 80.2 Å². The van der Waals surface area contributed by atoms with E-state index in [4.69, 9.17) is 8.83 Å². The lowest BCUT2D eigenvalue weighted by Gasteiger charge is -2.17. The lowest BCUT2D eigenvalue weighted by Crippen LogP contribution is -1.90. The zero-order valence-electron chi connectivity index (χ0n) is 22.9. The molecule has 0 fully saturated rings. The monoisotopic (exact) mass is 566 g/mol. The van der Waals surface area contributed by atoms with E-state index in [0.29, 0.717) is 0 Å². The normalized spacial score (nSPS) is 12.2. The van der Waals surface area contributed by atoms with Gasteiger partial charge in [0.25, 0.3) is 0 Å². The molecule has 0 amide bonds. The number of hydrogen-bond donors (Lipinski definition) is 0. The molecule has 10 aromatic rings. The van der Waals surface area contributed by atoms with Crippen LogP contribution < -0.4 is 0 Å². The third-order valence-electron chi connectivity index (χ3n) is 8.93. The standard InChI is InChI=1S/C40H22O2S/c1-3-10-31-29(8-1)39(24-13-15-26-33-19-23-17-18-41-34(23)22-36(33)42-35(26)20-24)30-9-2-4-11-32(30)40(31)25-14-16-28-27-7-5-6-12-37(27)43-38(28)21-25/h1-22H. The van der Waals surface area contributed by atoms with Crippen molar-refractivity contribution in [2.75, 3.05) is 0 Å². The van der Waals surface area contributed by atoms with Crippen LogP contribution in [0.1, 0.15) is 0 Å². The van der Waals surface area contributed by atoms with Gasteiger partial charge in [0.2, 0.25) is 0 Å². The van der Waals surface area contributed by atoms with E-state index in [9.17, 15) is 0 Å². The Kier molecular flexibility index (Phi) is 4.63. The van der Waals surface area contributed by atoms with Gasteiger partial charge in [-0.1, -0.05) is 84.9 Å². The molecule has 0 bridgehead atoms. The number of furan rings is 2. The van der Waals surface area contributed by atoms with Crippen LogP contribution in [0.4, 0.5) is 0 Å². The summed E-state index contributed by atoms with van der Waals surface area (Å²) < 4.78 is 14.7. The molecule has 7 aromatic carbocycles. The van der Waals surface area contributed by atoms with Gasteiger partial charge in [-0.15, -0.1) is 11.3 Å². The van der Waals surface area contributed by atoms with Crippen LogP contribution in [0.3, 0.4) is 0 Å². The van der Waals surface area contributed by atoms with Gasteiger partial charge >= 0.3 is 0 Å². The van der Waals surface area contributed by atoms with Crippen molar-refractivity contribution in [3.8, 4) is 22.3 Å². The van der Waals surface area contributed by atoms with Crippen molar-refractivity contribution in [2.45, 2.75) is 0 Å². The molecule has 0 radical (unpaired) electrons. The summed E-state index contributed by atoms with van der Waals surface area (Å²) in [6.07, 6.45) is 1.73. The van der Waals surface area contributed by atoms with Crippen LogP contribution in [0.25, 0.3) is 96.9 Å². The molecule has 0 spiro atoms. The number of benzene rings is 7. The quantitative estimate of drug-likeness (QED) is 0.195. The molecule has 3 heteroatoms. The van der Waals surface area contributed by atoms with E-state index in [1.54, 1.807) is 6.26 Å². The van der Waals surface area contributed by atoms with Crippen LogP contribution in [0, 0.1) is 0 Å². The Morgan fingerprint density at radius 2 is 0.977 bits per heavy atom. The Labute approximate surface area is 250 Å². The molecule has 0 atom stereocenters. The van der Waals surface area contributed by atoms with Crippen molar-refractivity contribution >= 4 is 86.0 Å². The number of rotatable bonds is 2. The zero-order valence-corrected chi connectivity index (χ0v) is 23.7. The molecule has 3 aromatic heterocycles. The van der Waals surface area contributed by atoms with Gasteiger partial charge in [0.15, 0.2) is 0 Å². The van der Waals surface area contributed by atoms with Crippen LogP contribution >= 0.6 is 11.3 Å². The summed E-state index contributed by atoms with van der Waals surface area (Å²) in [6, 6.07) is 46.1. The van der Waals surface area contributed by atoms with Crippen molar-refractivity contribution in [2.24, 2.45) is 0 Å². The smallest absolute Gasteiger partial charge is 0.139 e. The first kappa shape index (κ1) is 23.2. The highest BCUT2D eigenvalue weighted by atomic mass is 32.1. The van der Waals surface area contributed by atoms with Crippen LogP contribution in [0.2, 0.25) is 0 Å². The molecular formula is C40H22O2S. The van der Waals surface area contributed by atoms with Crippen molar-refractivity contribution in [1.29, 1.82) is 0 Å². The molecule has 43 heavy (non-hydrogen) atoms. The molecule has 0 unspecified atom stereocenters. The molecule has 0 aliphatic rings. The van der Waals surface area contributed by atoms with Gasteiger partial charge in [-0.2, -0.15) is 0 Å². The fourth-order valence-corrected chi connectivity index (χ4v) is 8.17. The largest absolute Gasteiger partial charge is 0.464 e. The number of fused-ring (bicyclic) bond motifs is 9. The van der Waals surface area contributed by atoms with Crippen molar-refractivity contribution in [3.05, 3.63) is 134 Å². The highest BCUT2D eigenvalue weighted by Gasteiger charge is 2.19. The molecule has 0 N–H and O–H groups in total. The Hall–Kier alpha value is -5.38. The van der Waals surface area contributed by atoms with Gasteiger partial charge in [-0.3, -0.25) is 0 Å². The summed E-state index contributed by atoms with van der Waals surface area (Å²) >= 11 is 1.87. The molecule has 200 valence electrons. The molecular weight excluding hydrogens is 545 g/mol. The highest BCUT2D eigenvalue weighted by Crippen LogP contribution is 2.46. The second kappa shape index (κ2) is 8.57. The van der Waals surface area contributed by atoms with Crippen LogP contribution in [0.15, 0.2) is 142 Å². The van der Waals surface area contributed by atoms with Gasteiger partial charge < -0.3 is 8.83 Å². The summed E-state index contributed by atoms with van der Waals surface area (Å²) in [7, 11) is 0. The van der Waals surface area contributed by atoms with Crippen LogP contribution in [-0.4, -0.2) is 0 Å². The lowest BCUT2D eigenvalue weighted by atomic mass is 9.86. The Morgan fingerprint density at radius 1 is 0.395 bits per heavy atom.